The number of ketones is 1. The summed E-state index contributed by atoms with van der Waals surface area (Å²) < 4.78 is 10.6. The van der Waals surface area contributed by atoms with Gasteiger partial charge in [0.1, 0.15) is 18.8 Å². The predicted octanol–water partition coefficient (Wildman–Crippen LogP) is 1.58. The third-order valence-corrected chi connectivity index (χ3v) is 4.59. The van der Waals surface area contributed by atoms with E-state index in [0.717, 1.165) is 49.7 Å². The molecule has 0 unspecified atom stereocenters. The maximum absolute atomic E-state index is 13.1. The molecule has 1 N–H and O–H groups in total. The number of methoxy groups -OCH3 is 1. The first-order valence-corrected chi connectivity index (χ1v) is 8.42. The van der Waals surface area contributed by atoms with E-state index in [1.54, 1.807) is 7.11 Å². The van der Waals surface area contributed by atoms with Crippen LogP contribution in [-0.4, -0.2) is 45.7 Å². The fraction of sp³-hybridized carbons (Fsp3) is 0.350. The van der Waals surface area contributed by atoms with Gasteiger partial charge >= 0.3 is 0 Å². The molecule has 3 rings (SSSR count). The molecule has 0 bridgehead atoms. The number of morpholine rings is 1. The van der Waals surface area contributed by atoms with Crippen LogP contribution in [0.4, 0.5) is 0 Å². The van der Waals surface area contributed by atoms with Crippen LogP contribution < -0.4 is 9.64 Å². The lowest BCUT2D eigenvalue weighted by Gasteiger charge is -2.27. The van der Waals surface area contributed by atoms with Gasteiger partial charge in [0.05, 0.1) is 32.8 Å². The second-order valence-corrected chi connectivity index (χ2v) is 6.12. The average Bonchev–Trinajstić information content (AvgIpc) is 2.67. The van der Waals surface area contributed by atoms with E-state index >= 15 is 0 Å². The number of hydrogen-bond acceptors (Lipinski definition) is 3. The summed E-state index contributed by atoms with van der Waals surface area (Å²) in [5, 5.41) is 0. The molecular formula is C20H24NO3+. The molecule has 0 amide bonds. The van der Waals surface area contributed by atoms with Crippen molar-refractivity contribution in [2.45, 2.75) is 5.92 Å². The third-order valence-electron chi connectivity index (χ3n) is 4.59. The molecular weight excluding hydrogens is 302 g/mol. The van der Waals surface area contributed by atoms with Gasteiger partial charge in [0.15, 0.2) is 5.78 Å². The van der Waals surface area contributed by atoms with Gasteiger partial charge in [-0.3, -0.25) is 4.79 Å². The van der Waals surface area contributed by atoms with Crippen molar-refractivity contribution < 1.29 is 19.2 Å². The first-order valence-electron chi connectivity index (χ1n) is 8.42. The Bertz CT molecular complexity index is 648. The van der Waals surface area contributed by atoms with Crippen molar-refractivity contribution in [2.75, 3.05) is 40.0 Å². The van der Waals surface area contributed by atoms with E-state index in [2.05, 4.69) is 0 Å². The fourth-order valence-corrected chi connectivity index (χ4v) is 3.16. The summed E-state index contributed by atoms with van der Waals surface area (Å²) in [6.07, 6.45) is 0. The van der Waals surface area contributed by atoms with Crippen molar-refractivity contribution in [3.05, 3.63) is 65.7 Å². The number of quaternary nitrogens is 1. The highest BCUT2D eigenvalue weighted by molar-refractivity contribution is 6.01. The van der Waals surface area contributed by atoms with Crippen molar-refractivity contribution in [3.8, 4) is 5.75 Å². The maximum Gasteiger partial charge on any atom is 0.175 e. The second kappa shape index (κ2) is 8.08. The SMILES string of the molecule is COc1ccc(C(=O)[C@@H](C[NH+]2CCOCC2)c2ccccc2)cc1. The van der Waals surface area contributed by atoms with E-state index in [9.17, 15) is 4.79 Å². The Balaban J connectivity index is 1.83. The van der Waals surface area contributed by atoms with Crippen molar-refractivity contribution in [1.82, 2.24) is 0 Å². The first kappa shape index (κ1) is 16.7. The Hall–Kier alpha value is -2.17. The van der Waals surface area contributed by atoms with Gasteiger partial charge in [-0.25, -0.2) is 0 Å². The van der Waals surface area contributed by atoms with Crippen LogP contribution in [0.15, 0.2) is 54.6 Å². The summed E-state index contributed by atoms with van der Waals surface area (Å²) in [6.45, 7) is 4.26. The molecule has 126 valence electrons. The van der Waals surface area contributed by atoms with Gasteiger partial charge in [-0.15, -0.1) is 0 Å². The number of hydrogen-bond donors (Lipinski definition) is 1. The standard InChI is InChI=1S/C20H23NO3/c1-23-18-9-7-17(8-10-18)20(22)19(16-5-3-2-4-6-16)15-21-11-13-24-14-12-21/h2-10,19H,11-15H2,1H3/p+1/t19-/m0/s1. The molecule has 24 heavy (non-hydrogen) atoms. The average molecular weight is 326 g/mol. The topological polar surface area (TPSA) is 40.0 Å². The molecule has 2 aromatic rings. The van der Waals surface area contributed by atoms with Crippen LogP contribution >= 0.6 is 0 Å². The normalized spacial score (nSPS) is 16.5. The van der Waals surface area contributed by atoms with Gasteiger partial charge < -0.3 is 14.4 Å². The zero-order chi connectivity index (χ0) is 16.8. The van der Waals surface area contributed by atoms with E-state index < -0.39 is 0 Å². The summed E-state index contributed by atoms with van der Waals surface area (Å²) in [7, 11) is 1.63. The Labute approximate surface area is 143 Å². The van der Waals surface area contributed by atoms with E-state index in [0.29, 0.717) is 0 Å². The minimum Gasteiger partial charge on any atom is -0.497 e. The molecule has 0 spiro atoms. The lowest BCUT2D eigenvalue weighted by Crippen LogP contribution is -3.14. The molecule has 1 fully saturated rings. The molecule has 4 heteroatoms. The lowest BCUT2D eigenvalue weighted by atomic mass is 9.90. The Morgan fingerprint density at radius 2 is 1.75 bits per heavy atom. The van der Waals surface area contributed by atoms with Gasteiger partial charge in [0.25, 0.3) is 0 Å². The Morgan fingerprint density at radius 1 is 1.08 bits per heavy atom. The highest BCUT2D eigenvalue weighted by atomic mass is 16.5. The molecule has 1 saturated heterocycles. The zero-order valence-corrected chi connectivity index (χ0v) is 14.0. The molecule has 4 nitrogen and oxygen atoms in total. The number of carbonyl (C=O) groups is 1. The summed E-state index contributed by atoms with van der Waals surface area (Å²) >= 11 is 0. The number of nitrogens with one attached hydrogen (secondary N) is 1. The zero-order valence-electron chi connectivity index (χ0n) is 14.0. The number of rotatable bonds is 6. The molecule has 1 heterocycles. The largest absolute Gasteiger partial charge is 0.497 e. The predicted molar refractivity (Wildman–Crippen MR) is 92.9 cm³/mol. The smallest absolute Gasteiger partial charge is 0.175 e. The number of Topliss-reactive ketones (excluding diaryl/α,β-unsaturated/α-hetero) is 1. The molecule has 0 saturated carbocycles. The molecule has 2 aromatic carbocycles. The first-order chi connectivity index (χ1) is 11.8. The van der Waals surface area contributed by atoms with Crippen LogP contribution in [0.1, 0.15) is 21.8 Å². The third kappa shape index (κ3) is 4.02. The highest BCUT2D eigenvalue weighted by Gasteiger charge is 2.28. The molecule has 1 atom stereocenters. The van der Waals surface area contributed by atoms with Crippen LogP contribution in [0.25, 0.3) is 0 Å². The van der Waals surface area contributed by atoms with E-state index in [4.69, 9.17) is 9.47 Å². The van der Waals surface area contributed by atoms with E-state index in [1.807, 2.05) is 54.6 Å². The van der Waals surface area contributed by atoms with Gasteiger partial charge in [0, 0.05) is 5.56 Å². The van der Waals surface area contributed by atoms with Crippen molar-refractivity contribution >= 4 is 5.78 Å². The Kier molecular flexibility index (Phi) is 5.62. The molecule has 0 aliphatic carbocycles. The van der Waals surface area contributed by atoms with Crippen LogP contribution in [-0.2, 0) is 4.74 Å². The summed E-state index contributed by atoms with van der Waals surface area (Å²) in [4.78, 5) is 14.6. The number of ether oxygens (including phenoxy) is 2. The van der Waals surface area contributed by atoms with Crippen LogP contribution in [0.2, 0.25) is 0 Å². The quantitative estimate of drug-likeness (QED) is 0.819. The second-order valence-electron chi connectivity index (χ2n) is 6.12. The monoisotopic (exact) mass is 326 g/mol. The minimum atomic E-state index is -0.132. The van der Waals surface area contributed by atoms with Crippen molar-refractivity contribution in [3.63, 3.8) is 0 Å². The minimum absolute atomic E-state index is 0.132. The van der Waals surface area contributed by atoms with E-state index in [-0.39, 0.29) is 11.7 Å². The number of benzene rings is 2. The van der Waals surface area contributed by atoms with Crippen molar-refractivity contribution in [1.29, 1.82) is 0 Å². The molecule has 0 aromatic heterocycles. The molecule has 1 aliphatic heterocycles. The van der Waals surface area contributed by atoms with Crippen LogP contribution in [0, 0.1) is 0 Å². The summed E-state index contributed by atoms with van der Waals surface area (Å²) in [5.41, 5.74) is 1.81. The van der Waals surface area contributed by atoms with Crippen molar-refractivity contribution in [2.24, 2.45) is 0 Å². The van der Waals surface area contributed by atoms with Gasteiger partial charge in [0.2, 0.25) is 0 Å². The van der Waals surface area contributed by atoms with E-state index in [1.165, 1.54) is 4.90 Å². The Morgan fingerprint density at radius 3 is 2.38 bits per heavy atom. The van der Waals surface area contributed by atoms with Gasteiger partial charge in [-0.1, -0.05) is 30.3 Å². The summed E-state index contributed by atoms with van der Waals surface area (Å²) in [6, 6.07) is 17.5. The van der Waals surface area contributed by atoms with Gasteiger partial charge in [-0.05, 0) is 29.8 Å². The maximum atomic E-state index is 13.1. The highest BCUT2D eigenvalue weighted by Crippen LogP contribution is 2.21. The summed E-state index contributed by atoms with van der Waals surface area (Å²) in [5.74, 6) is 0.803. The fourth-order valence-electron chi connectivity index (χ4n) is 3.16. The van der Waals surface area contributed by atoms with Crippen LogP contribution in [0.3, 0.4) is 0 Å². The molecule has 0 radical (unpaired) electrons. The van der Waals surface area contributed by atoms with Gasteiger partial charge in [-0.2, -0.15) is 0 Å². The number of carbonyl (C=O) groups excluding carboxylic acids is 1. The lowest BCUT2D eigenvalue weighted by molar-refractivity contribution is -0.908. The molecule has 1 aliphatic rings. The van der Waals surface area contributed by atoms with Crippen LogP contribution in [0.5, 0.6) is 5.75 Å².